The monoisotopic (exact) mass is 300 g/mol. The van der Waals surface area contributed by atoms with Crippen molar-refractivity contribution in [1.29, 1.82) is 0 Å². The maximum atomic E-state index is 12.6. The van der Waals surface area contributed by atoms with E-state index >= 15 is 0 Å². The van der Waals surface area contributed by atoms with Crippen LogP contribution >= 0.6 is 0 Å². The molecule has 116 valence electrons. The molecule has 1 heterocycles. The average molecular weight is 300 g/mol. The van der Waals surface area contributed by atoms with E-state index in [9.17, 15) is 18.0 Å². The Hall–Kier alpha value is -1.56. The second-order valence-corrected chi connectivity index (χ2v) is 5.31. The Kier molecular flexibility index (Phi) is 5.22. The first-order valence-electron chi connectivity index (χ1n) is 7.15. The van der Waals surface area contributed by atoms with E-state index in [4.69, 9.17) is 0 Å². The van der Waals surface area contributed by atoms with E-state index in [0.717, 1.165) is 37.9 Å². The standard InChI is InChI=1S/C15H19F3N2O/c16-15(17,18)11-4-3-6-13(10-11)20-14(21)8-7-12-5-1-2-9-19-12/h3-4,6,10,12,19H,1-2,5,7-9H2,(H,20,21). The summed E-state index contributed by atoms with van der Waals surface area (Å²) < 4.78 is 37.7. The predicted octanol–water partition coefficient (Wildman–Crippen LogP) is 3.57. The van der Waals surface area contributed by atoms with E-state index in [0.29, 0.717) is 18.9 Å². The number of nitrogens with one attached hydrogen (secondary N) is 2. The SMILES string of the molecule is O=C(CCC1CCCCN1)Nc1cccc(C(F)(F)F)c1. The summed E-state index contributed by atoms with van der Waals surface area (Å²) in [5, 5.41) is 5.87. The number of hydrogen-bond acceptors (Lipinski definition) is 2. The third kappa shape index (κ3) is 5.04. The van der Waals surface area contributed by atoms with Crippen LogP contribution in [0.15, 0.2) is 24.3 Å². The molecule has 1 unspecified atom stereocenters. The van der Waals surface area contributed by atoms with Gasteiger partial charge in [-0.3, -0.25) is 4.79 Å². The molecule has 1 aromatic carbocycles. The summed E-state index contributed by atoms with van der Waals surface area (Å²) in [7, 11) is 0. The smallest absolute Gasteiger partial charge is 0.326 e. The van der Waals surface area contributed by atoms with Gasteiger partial charge < -0.3 is 10.6 Å². The molecule has 1 fully saturated rings. The van der Waals surface area contributed by atoms with Crippen LogP contribution in [0, 0.1) is 0 Å². The van der Waals surface area contributed by atoms with Gasteiger partial charge in [-0.05, 0) is 44.0 Å². The molecular weight excluding hydrogens is 281 g/mol. The number of benzene rings is 1. The van der Waals surface area contributed by atoms with Crippen LogP contribution in [0.5, 0.6) is 0 Å². The van der Waals surface area contributed by atoms with E-state index in [1.165, 1.54) is 12.1 Å². The van der Waals surface area contributed by atoms with Crippen molar-refractivity contribution in [3.8, 4) is 0 Å². The van der Waals surface area contributed by atoms with Gasteiger partial charge >= 0.3 is 6.18 Å². The Morgan fingerprint density at radius 3 is 2.81 bits per heavy atom. The van der Waals surface area contributed by atoms with Crippen LogP contribution < -0.4 is 10.6 Å². The molecule has 6 heteroatoms. The van der Waals surface area contributed by atoms with Gasteiger partial charge in [0.05, 0.1) is 5.56 Å². The third-order valence-electron chi connectivity index (χ3n) is 3.61. The molecule has 1 amide bonds. The quantitative estimate of drug-likeness (QED) is 0.892. The molecule has 0 bridgehead atoms. The number of rotatable bonds is 4. The highest BCUT2D eigenvalue weighted by Crippen LogP contribution is 2.30. The summed E-state index contributed by atoms with van der Waals surface area (Å²) >= 11 is 0. The van der Waals surface area contributed by atoms with Crippen molar-refractivity contribution in [2.45, 2.75) is 44.3 Å². The number of anilines is 1. The molecule has 0 radical (unpaired) electrons. The molecule has 0 saturated carbocycles. The van der Waals surface area contributed by atoms with Gasteiger partial charge in [0.1, 0.15) is 0 Å². The Morgan fingerprint density at radius 1 is 1.33 bits per heavy atom. The summed E-state index contributed by atoms with van der Waals surface area (Å²) in [4.78, 5) is 11.8. The zero-order chi connectivity index (χ0) is 15.3. The number of hydrogen-bond donors (Lipinski definition) is 2. The zero-order valence-electron chi connectivity index (χ0n) is 11.7. The largest absolute Gasteiger partial charge is 0.416 e. The molecule has 2 N–H and O–H groups in total. The number of piperidine rings is 1. The van der Waals surface area contributed by atoms with Crippen molar-refractivity contribution in [1.82, 2.24) is 5.32 Å². The van der Waals surface area contributed by atoms with E-state index in [-0.39, 0.29) is 11.6 Å². The van der Waals surface area contributed by atoms with Gasteiger partial charge in [0, 0.05) is 18.2 Å². The van der Waals surface area contributed by atoms with Crippen molar-refractivity contribution >= 4 is 11.6 Å². The van der Waals surface area contributed by atoms with Crippen LogP contribution in [0.3, 0.4) is 0 Å². The normalized spacial score (nSPS) is 19.3. The van der Waals surface area contributed by atoms with Crippen molar-refractivity contribution in [2.75, 3.05) is 11.9 Å². The Morgan fingerprint density at radius 2 is 2.14 bits per heavy atom. The highest BCUT2D eigenvalue weighted by atomic mass is 19.4. The van der Waals surface area contributed by atoms with Crippen LogP contribution in [0.25, 0.3) is 0 Å². The Labute approximate surface area is 121 Å². The topological polar surface area (TPSA) is 41.1 Å². The van der Waals surface area contributed by atoms with Crippen molar-refractivity contribution in [3.63, 3.8) is 0 Å². The molecular formula is C15H19F3N2O. The summed E-state index contributed by atoms with van der Waals surface area (Å²) in [6, 6.07) is 5.04. The van der Waals surface area contributed by atoms with E-state index in [2.05, 4.69) is 10.6 Å². The minimum atomic E-state index is -4.40. The maximum Gasteiger partial charge on any atom is 0.416 e. The molecule has 1 atom stereocenters. The minimum Gasteiger partial charge on any atom is -0.326 e. The highest BCUT2D eigenvalue weighted by molar-refractivity contribution is 5.90. The number of carbonyl (C=O) groups is 1. The molecule has 21 heavy (non-hydrogen) atoms. The van der Waals surface area contributed by atoms with E-state index in [1.54, 1.807) is 0 Å². The van der Waals surface area contributed by atoms with Gasteiger partial charge in [0.2, 0.25) is 5.91 Å². The number of halogens is 3. The second kappa shape index (κ2) is 6.93. The van der Waals surface area contributed by atoms with Gasteiger partial charge in [-0.25, -0.2) is 0 Å². The lowest BCUT2D eigenvalue weighted by Gasteiger charge is -2.23. The lowest BCUT2D eigenvalue weighted by molar-refractivity contribution is -0.137. The molecule has 1 aliphatic heterocycles. The van der Waals surface area contributed by atoms with Crippen LogP contribution in [-0.2, 0) is 11.0 Å². The fourth-order valence-electron chi connectivity index (χ4n) is 2.47. The average Bonchev–Trinajstić information content (AvgIpc) is 2.46. The summed E-state index contributed by atoms with van der Waals surface area (Å²) in [6.07, 6.45) is 0.00213. The fraction of sp³-hybridized carbons (Fsp3) is 0.533. The van der Waals surface area contributed by atoms with Crippen molar-refractivity contribution in [3.05, 3.63) is 29.8 Å². The molecule has 0 spiro atoms. The molecule has 1 aliphatic rings. The van der Waals surface area contributed by atoms with Crippen molar-refractivity contribution in [2.24, 2.45) is 0 Å². The first-order chi connectivity index (χ1) is 9.95. The molecule has 3 nitrogen and oxygen atoms in total. The predicted molar refractivity (Wildman–Crippen MR) is 74.9 cm³/mol. The first-order valence-corrected chi connectivity index (χ1v) is 7.15. The fourth-order valence-corrected chi connectivity index (χ4v) is 2.47. The number of amides is 1. The van der Waals surface area contributed by atoms with Crippen molar-refractivity contribution < 1.29 is 18.0 Å². The lowest BCUT2D eigenvalue weighted by Crippen LogP contribution is -2.34. The van der Waals surface area contributed by atoms with Gasteiger partial charge in [-0.2, -0.15) is 13.2 Å². The zero-order valence-corrected chi connectivity index (χ0v) is 11.7. The van der Waals surface area contributed by atoms with Gasteiger partial charge in [-0.1, -0.05) is 12.5 Å². The molecule has 0 aromatic heterocycles. The van der Waals surface area contributed by atoms with Crippen LogP contribution in [0.4, 0.5) is 18.9 Å². The van der Waals surface area contributed by atoms with Crippen LogP contribution in [0.1, 0.15) is 37.7 Å². The molecule has 0 aliphatic carbocycles. The van der Waals surface area contributed by atoms with E-state index in [1.807, 2.05) is 0 Å². The molecule has 1 aromatic rings. The van der Waals surface area contributed by atoms with Crippen LogP contribution in [-0.4, -0.2) is 18.5 Å². The molecule has 2 rings (SSSR count). The number of alkyl halides is 3. The first kappa shape index (κ1) is 15.8. The lowest BCUT2D eigenvalue weighted by atomic mass is 10.0. The number of carbonyl (C=O) groups excluding carboxylic acids is 1. The second-order valence-electron chi connectivity index (χ2n) is 5.31. The van der Waals surface area contributed by atoms with E-state index < -0.39 is 11.7 Å². The van der Waals surface area contributed by atoms with Crippen LogP contribution in [0.2, 0.25) is 0 Å². The Bertz CT molecular complexity index is 482. The summed E-state index contributed by atoms with van der Waals surface area (Å²) in [5.74, 6) is -0.248. The minimum absolute atomic E-state index is 0.187. The summed E-state index contributed by atoms with van der Waals surface area (Å²) in [5.41, 5.74) is -0.569. The highest BCUT2D eigenvalue weighted by Gasteiger charge is 2.30. The molecule has 1 saturated heterocycles. The van der Waals surface area contributed by atoms with Gasteiger partial charge in [0.25, 0.3) is 0 Å². The third-order valence-corrected chi connectivity index (χ3v) is 3.61. The van der Waals surface area contributed by atoms with Gasteiger partial charge in [-0.15, -0.1) is 0 Å². The maximum absolute atomic E-state index is 12.6. The Balaban J connectivity index is 1.84. The summed E-state index contributed by atoms with van der Waals surface area (Å²) in [6.45, 7) is 0.972. The van der Waals surface area contributed by atoms with Gasteiger partial charge in [0.15, 0.2) is 0 Å².